The zero-order chi connectivity index (χ0) is 13.8. The molecule has 2 aliphatic rings. The number of carbonyl (C=O) groups is 2. The van der Waals surface area contributed by atoms with Crippen LogP contribution in [0, 0.1) is 17.8 Å². The van der Waals surface area contributed by atoms with Crippen molar-refractivity contribution in [1.29, 1.82) is 0 Å². The molecule has 19 heavy (non-hydrogen) atoms. The number of aliphatic carboxylic acids is 1. The van der Waals surface area contributed by atoms with Crippen LogP contribution in [-0.4, -0.2) is 29.8 Å². The van der Waals surface area contributed by atoms with E-state index in [0.717, 1.165) is 32.1 Å². The number of fused-ring (bicyclic) bond motifs is 1. The summed E-state index contributed by atoms with van der Waals surface area (Å²) in [5.74, 6) is -0.763. The predicted octanol–water partition coefficient (Wildman–Crippen LogP) is 2.18. The van der Waals surface area contributed by atoms with Gasteiger partial charge in [-0.3, -0.25) is 4.79 Å². The minimum absolute atomic E-state index is 0.143. The first-order valence-corrected chi connectivity index (χ1v) is 6.92. The van der Waals surface area contributed by atoms with Crippen molar-refractivity contribution < 1.29 is 19.4 Å². The molecule has 0 spiro atoms. The van der Waals surface area contributed by atoms with Crippen molar-refractivity contribution in [2.24, 2.45) is 17.8 Å². The Morgan fingerprint density at radius 1 is 1.26 bits per heavy atom. The van der Waals surface area contributed by atoms with Gasteiger partial charge in [0.1, 0.15) is 6.61 Å². The quantitative estimate of drug-likeness (QED) is 0.765. The highest BCUT2D eigenvalue weighted by Crippen LogP contribution is 2.48. The molecule has 0 unspecified atom stereocenters. The Hall–Kier alpha value is -1.52. The second kappa shape index (κ2) is 6.08. The molecule has 2 saturated carbocycles. The highest BCUT2D eigenvalue weighted by molar-refractivity contribution is 5.75. The normalized spacial score (nSPS) is 33.3. The molecule has 0 radical (unpaired) electrons. The minimum atomic E-state index is -0.808. The zero-order valence-corrected chi connectivity index (χ0v) is 11.0. The summed E-state index contributed by atoms with van der Waals surface area (Å²) in [7, 11) is 0. The maximum Gasteiger partial charge on any atom is 0.407 e. The van der Waals surface area contributed by atoms with Crippen LogP contribution in [0.2, 0.25) is 0 Å². The third-order valence-electron chi connectivity index (χ3n) is 4.34. The minimum Gasteiger partial charge on any atom is -0.481 e. The average Bonchev–Trinajstić information content (AvgIpc) is 2.56. The smallest absolute Gasteiger partial charge is 0.407 e. The molecule has 0 saturated heterocycles. The molecule has 2 N–H and O–H groups in total. The fourth-order valence-corrected chi connectivity index (χ4v) is 3.49. The molecule has 2 fully saturated rings. The molecule has 4 atom stereocenters. The van der Waals surface area contributed by atoms with E-state index < -0.39 is 18.0 Å². The number of amides is 1. The second-order valence-corrected chi connectivity index (χ2v) is 5.39. The molecule has 0 bridgehead atoms. The van der Waals surface area contributed by atoms with Gasteiger partial charge in [0.2, 0.25) is 0 Å². The van der Waals surface area contributed by atoms with Gasteiger partial charge in [-0.15, -0.1) is 0 Å². The summed E-state index contributed by atoms with van der Waals surface area (Å²) in [5.41, 5.74) is 0. The molecule has 5 heteroatoms. The lowest BCUT2D eigenvalue weighted by atomic mass is 9.58. The van der Waals surface area contributed by atoms with Gasteiger partial charge in [0, 0.05) is 6.04 Å². The van der Waals surface area contributed by atoms with E-state index in [2.05, 4.69) is 11.9 Å². The van der Waals surface area contributed by atoms with Crippen molar-refractivity contribution in [3.8, 4) is 0 Å². The van der Waals surface area contributed by atoms with Crippen LogP contribution in [0.4, 0.5) is 4.79 Å². The molecule has 0 aliphatic heterocycles. The van der Waals surface area contributed by atoms with Crippen LogP contribution >= 0.6 is 0 Å². The van der Waals surface area contributed by atoms with Crippen molar-refractivity contribution in [3.05, 3.63) is 12.7 Å². The molecular weight excluding hydrogens is 246 g/mol. The van der Waals surface area contributed by atoms with E-state index in [-0.39, 0.29) is 18.6 Å². The summed E-state index contributed by atoms with van der Waals surface area (Å²) in [6, 6.07) is -0.280. The summed E-state index contributed by atoms with van der Waals surface area (Å²) in [6.07, 6.45) is 6.28. The van der Waals surface area contributed by atoms with E-state index in [1.807, 2.05) is 0 Å². The van der Waals surface area contributed by atoms with Crippen molar-refractivity contribution >= 4 is 12.1 Å². The van der Waals surface area contributed by atoms with Crippen LogP contribution < -0.4 is 5.32 Å². The Balaban J connectivity index is 1.98. The number of rotatable bonds is 4. The molecule has 0 heterocycles. The number of hydrogen-bond donors (Lipinski definition) is 2. The molecule has 2 aliphatic carbocycles. The fourth-order valence-electron chi connectivity index (χ4n) is 3.49. The Morgan fingerprint density at radius 2 is 1.95 bits per heavy atom. The van der Waals surface area contributed by atoms with E-state index in [4.69, 9.17) is 4.74 Å². The van der Waals surface area contributed by atoms with Crippen molar-refractivity contribution in [2.45, 2.75) is 38.1 Å². The summed E-state index contributed by atoms with van der Waals surface area (Å²) in [6.45, 7) is 3.61. The molecule has 1 amide bonds. The first-order chi connectivity index (χ1) is 9.15. The Kier molecular flexibility index (Phi) is 4.45. The van der Waals surface area contributed by atoms with E-state index in [9.17, 15) is 14.7 Å². The van der Waals surface area contributed by atoms with Crippen LogP contribution in [0.25, 0.3) is 0 Å². The van der Waals surface area contributed by atoms with Crippen molar-refractivity contribution in [1.82, 2.24) is 5.32 Å². The first kappa shape index (κ1) is 13.9. The number of carboxylic acid groups (broad SMARTS) is 1. The van der Waals surface area contributed by atoms with Crippen LogP contribution in [0.5, 0.6) is 0 Å². The Morgan fingerprint density at radius 3 is 2.58 bits per heavy atom. The van der Waals surface area contributed by atoms with E-state index >= 15 is 0 Å². The van der Waals surface area contributed by atoms with Crippen LogP contribution in [0.15, 0.2) is 12.7 Å². The molecular formula is C14H21NO4. The highest BCUT2D eigenvalue weighted by Gasteiger charge is 2.54. The van der Waals surface area contributed by atoms with E-state index in [1.54, 1.807) is 0 Å². The fraction of sp³-hybridized carbons (Fsp3) is 0.714. The van der Waals surface area contributed by atoms with E-state index in [0.29, 0.717) is 5.92 Å². The van der Waals surface area contributed by atoms with Crippen LogP contribution in [0.1, 0.15) is 32.1 Å². The molecule has 2 rings (SSSR count). The van der Waals surface area contributed by atoms with Gasteiger partial charge in [0.25, 0.3) is 0 Å². The van der Waals surface area contributed by atoms with Crippen LogP contribution in [0.3, 0.4) is 0 Å². The maximum atomic E-state index is 11.6. The number of alkyl carbamates (subject to hydrolysis) is 1. The monoisotopic (exact) mass is 267 g/mol. The zero-order valence-electron chi connectivity index (χ0n) is 11.0. The predicted molar refractivity (Wildman–Crippen MR) is 69.7 cm³/mol. The Labute approximate surface area is 113 Å². The number of carbonyl (C=O) groups excluding carboxylic acids is 1. The SMILES string of the molecule is C=CCOC(=O)N[C@H]1[C@H]2CCCCC[C@H]2[C@H]1C(=O)O. The first-order valence-electron chi connectivity index (χ1n) is 6.92. The summed E-state index contributed by atoms with van der Waals surface area (Å²) >= 11 is 0. The Bertz CT molecular complexity index is 368. The number of carboxylic acids is 1. The maximum absolute atomic E-state index is 11.6. The molecule has 0 aromatic rings. The van der Waals surface area contributed by atoms with E-state index in [1.165, 1.54) is 6.08 Å². The molecule has 0 aromatic heterocycles. The topological polar surface area (TPSA) is 75.6 Å². The number of hydrogen-bond acceptors (Lipinski definition) is 3. The summed E-state index contributed by atoms with van der Waals surface area (Å²) in [5, 5.41) is 12.0. The van der Waals surface area contributed by atoms with Crippen molar-refractivity contribution in [2.75, 3.05) is 6.61 Å². The van der Waals surface area contributed by atoms with Gasteiger partial charge in [-0.2, -0.15) is 0 Å². The van der Waals surface area contributed by atoms with Gasteiger partial charge in [-0.25, -0.2) is 4.79 Å². The van der Waals surface area contributed by atoms with Gasteiger partial charge in [-0.05, 0) is 24.7 Å². The molecule has 0 aromatic carbocycles. The highest BCUT2D eigenvalue weighted by atomic mass is 16.5. The van der Waals surface area contributed by atoms with Gasteiger partial charge >= 0.3 is 12.1 Å². The summed E-state index contributed by atoms with van der Waals surface area (Å²) in [4.78, 5) is 22.9. The molecule has 5 nitrogen and oxygen atoms in total. The van der Waals surface area contributed by atoms with Gasteiger partial charge in [0.05, 0.1) is 5.92 Å². The lowest BCUT2D eigenvalue weighted by Gasteiger charge is -2.49. The standard InChI is InChI=1S/C14H21NO4/c1-2-8-19-14(18)15-12-10-7-5-3-4-6-9(10)11(12)13(16)17/h2,9-12H,1,3-8H2,(H,15,18)(H,16,17)/t9-,10+,11-,12+/m1/s1. The number of nitrogens with one attached hydrogen (secondary N) is 1. The second-order valence-electron chi connectivity index (χ2n) is 5.39. The average molecular weight is 267 g/mol. The molecule has 106 valence electrons. The lowest BCUT2D eigenvalue weighted by molar-refractivity contribution is -0.154. The lowest BCUT2D eigenvalue weighted by Crippen LogP contribution is -2.62. The van der Waals surface area contributed by atoms with Gasteiger partial charge in [-0.1, -0.05) is 31.9 Å². The van der Waals surface area contributed by atoms with Crippen LogP contribution in [-0.2, 0) is 9.53 Å². The van der Waals surface area contributed by atoms with Gasteiger partial charge < -0.3 is 15.2 Å². The number of ether oxygens (including phenoxy) is 1. The van der Waals surface area contributed by atoms with Crippen molar-refractivity contribution in [3.63, 3.8) is 0 Å². The third kappa shape index (κ3) is 2.91. The third-order valence-corrected chi connectivity index (χ3v) is 4.34. The van der Waals surface area contributed by atoms with Gasteiger partial charge in [0.15, 0.2) is 0 Å². The largest absolute Gasteiger partial charge is 0.481 e. The summed E-state index contributed by atoms with van der Waals surface area (Å²) < 4.78 is 4.88.